The van der Waals surface area contributed by atoms with Gasteiger partial charge in [0.05, 0.1) is 13.7 Å². The van der Waals surface area contributed by atoms with E-state index in [0.717, 1.165) is 42.7 Å². The highest BCUT2D eigenvalue weighted by molar-refractivity contribution is 5.40. The van der Waals surface area contributed by atoms with Crippen molar-refractivity contribution >= 4 is 11.8 Å². The van der Waals surface area contributed by atoms with Crippen LogP contribution < -0.4 is 19.7 Å². The second kappa shape index (κ2) is 9.60. The van der Waals surface area contributed by atoms with Gasteiger partial charge in [0.2, 0.25) is 5.95 Å². The summed E-state index contributed by atoms with van der Waals surface area (Å²) in [6.07, 6.45) is 4.07. The molecular weight excluding hydrogens is 304 g/mol. The van der Waals surface area contributed by atoms with E-state index in [1.807, 2.05) is 37.4 Å². The predicted molar refractivity (Wildman–Crippen MR) is 97.2 cm³/mol. The first-order chi connectivity index (χ1) is 11.7. The zero-order valence-corrected chi connectivity index (χ0v) is 14.7. The van der Waals surface area contributed by atoms with E-state index in [0.29, 0.717) is 13.2 Å². The number of methoxy groups -OCH3 is 1. The standard InChI is InChI=1S/C18H26N4O2/c1-4-5-13-22(2)18-20-11-10-17(21-18)19-12-14-24-16-8-6-15(23-3)7-9-16/h6-11H,4-5,12-14H2,1-3H3,(H,19,20,21). The first-order valence-electron chi connectivity index (χ1n) is 8.28. The van der Waals surface area contributed by atoms with Gasteiger partial charge >= 0.3 is 0 Å². The summed E-state index contributed by atoms with van der Waals surface area (Å²) in [4.78, 5) is 10.9. The topological polar surface area (TPSA) is 59.5 Å². The Bertz CT molecular complexity index is 604. The summed E-state index contributed by atoms with van der Waals surface area (Å²) in [5, 5.41) is 3.26. The molecule has 24 heavy (non-hydrogen) atoms. The average Bonchev–Trinajstić information content (AvgIpc) is 2.64. The molecule has 1 aromatic heterocycles. The van der Waals surface area contributed by atoms with Gasteiger partial charge in [0.1, 0.15) is 23.9 Å². The normalized spacial score (nSPS) is 10.3. The summed E-state index contributed by atoms with van der Waals surface area (Å²) >= 11 is 0. The number of benzene rings is 1. The minimum Gasteiger partial charge on any atom is -0.497 e. The highest BCUT2D eigenvalue weighted by Crippen LogP contribution is 2.17. The molecule has 0 fully saturated rings. The third-order valence-corrected chi connectivity index (χ3v) is 3.57. The Balaban J connectivity index is 1.77. The van der Waals surface area contributed by atoms with Gasteiger partial charge in [-0.05, 0) is 36.8 Å². The summed E-state index contributed by atoms with van der Waals surface area (Å²) in [5.74, 6) is 3.19. The summed E-state index contributed by atoms with van der Waals surface area (Å²) in [7, 11) is 3.66. The lowest BCUT2D eigenvalue weighted by Crippen LogP contribution is -2.21. The fourth-order valence-corrected chi connectivity index (χ4v) is 2.15. The van der Waals surface area contributed by atoms with E-state index < -0.39 is 0 Å². The van der Waals surface area contributed by atoms with E-state index in [2.05, 4.69) is 27.1 Å². The lowest BCUT2D eigenvalue weighted by molar-refractivity contribution is 0.331. The van der Waals surface area contributed by atoms with E-state index in [4.69, 9.17) is 9.47 Å². The molecular formula is C18H26N4O2. The van der Waals surface area contributed by atoms with Crippen molar-refractivity contribution in [1.29, 1.82) is 0 Å². The Morgan fingerprint density at radius 1 is 1.12 bits per heavy atom. The summed E-state index contributed by atoms with van der Waals surface area (Å²) in [6.45, 7) is 4.36. The number of ether oxygens (including phenoxy) is 2. The van der Waals surface area contributed by atoms with Crippen LogP contribution in [-0.4, -0.2) is 43.8 Å². The highest BCUT2D eigenvalue weighted by atomic mass is 16.5. The van der Waals surface area contributed by atoms with E-state index in [1.165, 1.54) is 0 Å². The van der Waals surface area contributed by atoms with E-state index in [1.54, 1.807) is 13.3 Å². The lowest BCUT2D eigenvalue weighted by Gasteiger charge is -2.17. The molecule has 1 N–H and O–H groups in total. The van der Waals surface area contributed by atoms with E-state index in [9.17, 15) is 0 Å². The molecule has 0 atom stereocenters. The van der Waals surface area contributed by atoms with Crippen LogP contribution in [0.2, 0.25) is 0 Å². The second-order valence-electron chi connectivity index (χ2n) is 5.47. The number of nitrogens with one attached hydrogen (secondary N) is 1. The smallest absolute Gasteiger partial charge is 0.226 e. The molecule has 6 heteroatoms. The minimum atomic E-state index is 0.553. The molecule has 0 aliphatic rings. The zero-order valence-electron chi connectivity index (χ0n) is 14.7. The van der Waals surface area contributed by atoms with Crippen LogP contribution in [0.5, 0.6) is 11.5 Å². The Kier molecular flexibility index (Phi) is 7.14. The molecule has 6 nitrogen and oxygen atoms in total. The van der Waals surface area contributed by atoms with Gasteiger partial charge in [-0.1, -0.05) is 13.3 Å². The largest absolute Gasteiger partial charge is 0.497 e. The predicted octanol–water partition coefficient (Wildman–Crippen LogP) is 3.21. The van der Waals surface area contributed by atoms with Crippen molar-refractivity contribution in [2.45, 2.75) is 19.8 Å². The quantitative estimate of drug-likeness (QED) is 0.675. The van der Waals surface area contributed by atoms with Gasteiger partial charge in [-0.3, -0.25) is 0 Å². The molecule has 0 saturated heterocycles. The Hall–Kier alpha value is -2.50. The number of unbranched alkanes of at least 4 members (excludes halogenated alkanes) is 1. The van der Waals surface area contributed by atoms with Crippen LogP contribution in [0.4, 0.5) is 11.8 Å². The number of anilines is 2. The first-order valence-corrected chi connectivity index (χ1v) is 8.28. The third kappa shape index (κ3) is 5.61. The monoisotopic (exact) mass is 330 g/mol. The maximum atomic E-state index is 5.69. The minimum absolute atomic E-state index is 0.553. The van der Waals surface area contributed by atoms with Crippen LogP contribution in [0, 0.1) is 0 Å². The maximum absolute atomic E-state index is 5.69. The molecule has 0 aliphatic heterocycles. The molecule has 2 rings (SSSR count). The van der Waals surface area contributed by atoms with Gasteiger partial charge in [-0.2, -0.15) is 4.98 Å². The van der Waals surface area contributed by atoms with Gasteiger partial charge in [0.25, 0.3) is 0 Å². The molecule has 0 amide bonds. The molecule has 0 unspecified atom stereocenters. The summed E-state index contributed by atoms with van der Waals surface area (Å²) in [5.41, 5.74) is 0. The molecule has 0 bridgehead atoms. The third-order valence-electron chi connectivity index (χ3n) is 3.57. The van der Waals surface area contributed by atoms with Gasteiger partial charge in [-0.25, -0.2) is 4.98 Å². The average molecular weight is 330 g/mol. The van der Waals surface area contributed by atoms with Crippen molar-refractivity contribution in [2.75, 3.05) is 44.1 Å². The van der Waals surface area contributed by atoms with Crippen LogP contribution >= 0.6 is 0 Å². The molecule has 1 heterocycles. The van der Waals surface area contributed by atoms with Crippen LogP contribution in [0.15, 0.2) is 36.5 Å². The van der Waals surface area contributed by atoms with Crippen molar-refractivity contribution in [3.8, 4) is 11.5 Å². The van der Waals surface area contributed by atoms with Crippen molar-refractivity contribution in [2.24, 2.45) is 0 Å². The van der Waals surface area contributed by atoms with Crippen LogP contribution in [0.25, 0.3) is 0 Å². The number of rotatable bonds is 10. The molecule has 0 saturated carbocycles. The SMILES string of the molecule is CCCCN(C)c1nccc(NCCOc2ccc(OC)cc2)n1. The van der Waals surface area contributed by atoms with Gasteiger partial charge in [0, 0.05) is 19.8 Å². The zero-order chi connectivity index (χ0) is 17.2. The molecule has 0 radical (unpaired) electrons. The summed E-state index contributed by atoms with van der Waals surface area (Å²) < 4.78 is 10.8. The van der Waals surface area contributed by atoms with Crippen molar-refractivity contribution in [3.05, 3.63) is 36.5 Å². The molecule has 2 aromatic rings. The Morgan fingerprint density at radius 3 is 2.58 bits per heavy atom. The number of hydrogen-bond acceptors (Lipinski definition) is 6. The van der Waals surface area contributed by atoms with Crippen LogP contribution in [0.3, 0.4) is 0 Å². The fourth-order valence-electron chi connectivity index (χ4n) is 2.15. The number of aromatic nitrogens is 2. The fraction of sp³-hybridized carbons (Fsp3) is 0.444. The Labute approximate surface area is 143 Å². The van der Waals surface area contributed by atoms with Crippen molar-refractivity contribution < 1.29 is 9.47 Å². The van der Waals surface area contributed by atoms with Crippen LogP contribution in [-0.2, 0) is 0 Å². The number of nitrogens with zero attached hydrogens (tertiary/aromatic N) is 3. The molecule has 130 valence electrons. The summed E-state index contributed by atoms with van der Waals surface area (Å²) in [6, 6.07) is 9.41. The van der Waals surface area contributed by atoms with Crippen molar-refractivity contribution in [3.63, 3.8) is 0 Å². The first kappa shape index (κ1) is 17.8. The van der Waals surface area contributed by atoms with Gasteiger partial charge in [0.15, 0.2) is 0 Å². The maximum Gasteiger partial charge on any atom is 0.226 e. The Morgan fingerprint density at radius 2 is 1.88 bits per heavy atom. The van der Waals surface area contributed by atoms with Gasteiger partial charge < -0.3 is 19.7 Å². The van der Waals surface area contributed by atoms with Crippen molar-refractivity contribution in [1.82, 2.24) is 9.97 Å². The molecule has 0 spiro atoms. The highest BCUT2D eigenvalue weighted by Gasteiger charge is 2.04. The van der Waals surface area contributed by atoms with E-state index in [-0.39, 0.29) is 0 Å². The van der Waals surface area contributed by atoms with E-state index >= 15 is 0 Å². The number of hydrogen-bond donors (Lipinski definition) is 1. The van der Waals surface area contributed by atoms with Gasteiger partial charge in [-0.15, -0.1) is 0 Å². The second-order valence-corrected chi connectivity index (χ2v) is 5.47. The molecule has 1 aromatic carbocycles. The lowest BCUT2D eigenvalue weighted by atomic mass is 10.3. The van der Waals surface area contributed by atoms with Crippen LogP contribution in [0.1, 0.15) is 19.8 Å². The molecule has 0 aliphatic carbocycles.